The lowest BCUT2D eigenvalue weighted by molar-refractivity contribution is -0.384. The zero-order valence-corrected chi connectivity index (χ0v) is 13.7. The van der Waals surface area contributed by atoms with Gasteiger partial charge in [-0.15, -0.1) is 0 Å². The summed E-state index contributed by atoms with van der Waals surface area (Å²) in [6.07, 6.45) is 5.76. The Morgan fingerprint density at radius 1 is 1.13 bits per heavy atom. The van der Waals surface area contributed by atoms with Gasteiger partial charge in [-0.2, -0.15) is 0 Å². The molecule has 1 heterocycles. The van der Waals surface area contributed by atoms with Crippen molar-refractivity contribution in [2.45, 2.75) is 49.1 Å². The van der Waals surface area contributed by atoms with Crippen LogP contribution in [0.3, 0.4) is 0 Å². The van der Waals surface area contributed by atoms with Gasteiger partial charge in [0.25, 0.3) is 5.69 Å². The van der Waals surface area contributed by atoms with Gasteiger partial charge in [0.15, 0.2) is 0 Å². The molecule has 0 spiro atoms. The van der Waals surface area contributed by atoms with Crippen LogP contribution in [0.2, 0.25) is 0 Å². The molecule has 1 unspecified atom stereocenters. The molecule has 0 aromatic heterocycles. The van der Waals surface area contributed by atoms with E-state index in [9.17, 15) is 18.5 Å². The molecule has 23 heavy (non-hydrogen) atoms. The van der Waals surface area contributed by atoms with Crippen molar-refractivity contribution in [3.63, 3.8) is 0 Å². The van der Waals surface area contributed by atoms with E-state index in [0.717, 1.165) is 19.5 Å². The topological polar surface area (TPSA) is 92.5 Å². The summed E-state index contributed by atoms with van der Waals surface area (Å²) in [4.78, 5) is 12.6. The summed E-state index contributed by atoms with van der Waals surface area (Å²) in [6.45, 7) is 1.68. The second-order valence-electron chi connectivity index (χ2n) is 6.29. The van der Waals surface area contributed by atoms with E-state index < -0.39 is 14.9 Å². The Labute approximate surface area is 135 Å². The zero-order chi connectivity index (χ0) is 16.4. The average molecular weight is 339 g/mol. The molecule has 8 heteroatoms. The molecule has 1 atom stereocenters. The quantitative estimate of drug-likeness (QED) is 0.653. The smallest absolute Gasteiger partial charge is 0.269 e. The molecule has 1 aliphatic heterocycles. The second kappa shape index (κ2) is 6.54. The van der Waals surface area contributed by atoms with Gasteiger partial charge < -0.3 is 0 Å². The van der Waals surface area contributed by atoms with Crippen molar-refractivity contribution in [2.24, 2.45) is 0 Å². The van der Waals surface area contributed by atoms with Gasteiger partial charge in [0.05, 0.1) is 9.82 Å². The fourth-order valence-corrected chi connectivity index (χ4v) is 4.78. The summed E-state index contributed by atoms with van der Waals surface area (Å²) >= 11 is 0. The lowest BCUT2D eigenvalue weighted by Crippen LogP contribution is -2.39. The van der Waals surface area contributed by atoms with E-state index in [4.69, 9.17) is 0 Å². The van der Waals surface area contributed by atoms with Gasteiger partial charge >= 0.3 is 0 Å². The van der Waals surface area contributed by atoms with Gasteiger partial charge in [0.2, 0.25) is 10.0 Å². The Morgan fingerprint density at radius 2 is 1.78 bits per heavy atom. The van der Waals surface area contributed by atoms with Crippen molar-refractivity contribution in [3.8, 4) is 0 Å². The number of nitro groups is 1. The standard InChI is InChI=1S/C15H21N3O4S/c19-18(20)14-5-7-15(8-6-14)23(21,22)16-12-9-10-17(11-12)13-3-1-2-4-13/h5-8,12-13,16H,1-4,9-11H2. The first-order chi connectivity index (χ1) is 11.0. The molecule has 2 aliphatic rings. The van der Waals surface area contributed by atoms with Crippen LogP contribution < -0.4 is 4.72 Å². The molecule has 7 nitrogen and oxygen atoms in total. The Kier molecular flexibility index (Phi) is 4.65. The van der Waals surface area contributed by atoms with Crippen LogP contribution in [0.5, 0.6) is 0 Å². The fraction of sp³-hybridized carbons (Fsp3) is 0.600. The van der Waals surface area contributed by atoms with E-state index >= 15 is 0 Å². The van der Waals surface area contributed by atoms with Crippen molar-refractivity contribution in [1.82, 2.24) is 9.62 Å². The maximum atomic E-state index is 12.4. The van der Waals surface area contributed by atoms with Gasteiger partial charge in [-0.05, 0) is 31.4 Å². The molecule has 1 saturated carbocycles. The zero-order valence-electron chi connectivity index (χ0n) is 12.8. The van der Waals surface area contributed by atoms with Crippen LogP contribution in [0, 0.1) is 10.1 Å². The number of nitro benzene ring substituents is 1. The Bertz CT molecular complexity index is 668. The summed E-state index contributed by atoms with van der Waals surface area (Å²) in [7, 11) is -3.63. The molecule has 1 N–H and O–H groups in total. The molecule has 0 amide bonds. The summed E-state index contributed by atoms with van der Waals surface area (Å²) in [5.41, 5.74) is -0.114. The lowest BCUT2D eigenvalue weighted by atomic mass is 10.2. The maximum absolute atomic E-state index is 12.4. The number of nitrogens with zero attached hydrogens (tertiary/aromatic N) is 2. The maximum Gasteiger partial charge on any atom is 0.269 e. The molecular formula is C15H21N3O4S. The van der Waals surface area contributed by atoms with Gasteiger partial charge in [-0.1, -0.05) is 12.8 Å². The molecule has 1 aromatic carbocycles. The van der Waals surface area contributed by atoms with Crippen molar-refractivity contribution >= 4 is 15.7 Å². The van der Waals surface area contributed by atoms with E-state index in [2.05, 4.69) is 9.62 Å². The van der Waals surface area contributed by atoms with Crippen molar-refractivity contribution < 1.29 is 13.3 Å². The number of benzene rings is 1. The minimum absolute atomic E-state index is 0.0717. The number of hydrogen-bond acceptors (Lipinski definition) is 5. The average Bonchev–Trinajstić information content (AvgIpc) is 3.18. The van der Waals surface area contributed by atoms with Crippen LogP contribution in [0.15, 0.2) is 29.2 Å². The molecule has 2 fully saturated rings. The van der Waals surface area contributed by atoms with E-state index in [1.165, 1.54) is 49.9 Å². The van der Waals surface area contributed by atoms with E-state index in [0.29, 0.717) is 6.04 Å². The van der Waals surface area contributed by atoms with Crippen LogP contribution in [0.25, 0.3) is 0 Å². The first-order valence-electron chi connectivity index (χ1n) is 7.96. The lowest BCUT2D eigenvalue weighted by Gasteiger charge is -2.23. The molecule has 126 valence electrons. The first-order valence-corrected chi connectivity index (χ1v) is 9.45. The van der Waals surface area contributed by atoms with Crippen molar-refractivity contribution in [2.75, 3.05) is 13.1 Å². The fourth-order valence-electron chi connectivity index (χ4n) is 3.52. The Morgan fingerprint density at radius 3 is 2.39 bits per heavy atom. The molecule has 0 bridgehead atoms. The van der Waals surface area contributed by atoms with E-state index in [1.54, 1.807) is 0 Å². The molecule has 1 aliphatic carbocycles. The largest absolute Gasteiger partial charge is 0.299 e. The van der Waals surface area contributed by atoms with Gasteiger partial charge in [-0.3, -0.25) is 15.0 Å². The SMILES string of the molecule is O=[N+]([O-])c1ccc(S(=O)(=O)NC2CCN(C3CCCC3)C2)cc1. The van der Waals surface area contributed by atoms with Crippen molar-refractivity contribution in [1.29, 1.82) is 0 Å². The number of non-ortho nitro benzene ring substituents is 1. The predicted octanol–water partition coefficient (Wildman–Crippen LogP) is 1.89. The van der Waals surface area contributed by atoms with E-state index in [-0.39, 0.29) is 16.6 Å². The third-order valence-electron chi connectivity index (χ3n) is 4.74. The van der Waals surface area contributed by atoms with E-state index in [1.807, 2.05) is 0 Å². The highest BCUT2D eigenvalue weighted by Crippen LogP contribution is 2.27. The van der Waals surface area contributed by atoms with Crippen LogP contribution >= 0.6 is 0 Å². The molecular weight excluding hydrogens is 318 g/mol. The number of nitrogens with one attached hydrogen (secondary N) is 1. The highest BCUT2D eigenvalue weighted by atomic mass is 32.2. The van der Waals surface area contributed by atoms with Gasteiger partial charge in [-0.25, -0.2) is 13.1 Å². The third kappa shape index (κ3) is 3.70. The first kappa shape index (κ1) is 16.4. The number of likely N-dealkylation sites (tertiary alicyclic amines) is 1. The minimum Gasteiger partial charge on any atom is -0.299 e. The number of hydrogen-bond donors (Lipinski definition) is 1. The Hall–Kier alpha value is -1.51. The van der Waals surface area contributed by atoms with Gasteiger partial charge in [0, 0.05) is 37.3 Å². The second-order valence-corrected chi connectivity index (χ2v) is 8.01. The normalized spacial score (nSPS) is 23.4. The van der Waals surface area contributed by atoms with Crippen LogP contribution in [0.4, 0.5) is 5.69 Å². The highest BCUT2D eigenvalue weighted by molar-refractivity contribution is 7.89. The molecule has 0 radical (unpaired) electrons. The summed E-state index contributed by atoms with van der Waals surface area (Å²) < 4.78 is 27.5. The monoisotopic (exact) mass is 339 g/mol. The summed E-state index contributed by atoms with van der Waals surface area (Å²) in [5.74, 6) is 0. The molecule has 3 rings (SSSR count). The minimum atomic E-state index is -3.63. The number of sulfonamides is 1. The number of rotatable bonds is 5. The van der Waals surface area contributed by atoms with Crippen LogP contribution in [-0.4, -0.2) is 43.4 Å². The third-order valence-corrected chi connectivity index (χ3v) is 6.28. The highest BCUT2D eigenvalue weighted by Gasteiger charge is 2.32. The summed E-state index contributed by atoms with van der Waals surface area (Å²) in [5, 5.41) is 10.6. The van der Waals surface area contributed by atoms with Gasteiger partial charge in [0.1, 0.15) is 0 Å². The predicted molar refractivity (Wildman–Crippen MR) is 85.7 cm³/mol. The molecule has 1 saturated heterocycles. The van der Waals surface area contributed by atoms with Crippen molar-refractivity contribution in [3.05, 3.63) is 34.4 Å². The van der Waals surface area contributed by atoms with Crippen LogP contribution in [-0.2, 0) is 10.0 Å². The summed E-state index contributed by atoms with van der Waals surface area (Å²) in [6, 6.07) is 5.51. The van der Waals surface area contributed by atoms with Crippen LogP contribution in [0.1, 0.15) is 32.1 Å². The Balaban J connectivity index is 1.63. The molecule has 1 aromatic rings.